The summed E-state index contributed by atoms with van der Waals surface area (Å²) in [4.78, 5) is 13.3. The summed E-state index contributed by atoms with van der Waals surface area (Å²) in [5.74, 6) is 0.249. The van der Waals surface area contributed by atoms with Gasteiger partial charge in [-0.25, -0.2) is 4.79 Å². The molecule has 0 fully saturated rings. The number of ether oxygens (including phenoxy) is 1. The van der Waals surface area contributed by atoms with Crippen LogP contribution in [0.5, 0.6) is 0 Å². The van der Waals surface area contributed by atoms with Crippen molar-refractivity contribution in [2.75, 3.05) is 0 Å². The first kappa shape index (κ1) is 20.8. The highest BCUT2D eigenvalue weighted by molar-refractivity contribution is 7.98. The number of aryl methyl sites for hydroxylation is 2. The number of nitriles is 1. The molecule has 0 bridgehead atoms. The van der Waals surface area contributed by atoms with Crippen LogP contribution in [0.3, 0.4) is 0 Å². The van der Waals surface area contributed by atoms with Gasteiger partial charge in [0.25, 0.3) is 0 Å². The Morgan fingerprint density at radius 1 is 1.15 bits per heavy atom. The highest BCUT2D eigenvalue weighted by Crippen LogP contribution is 2.28. The number of esters is 1. The third-order valence-corrected chi connectivity index (χ3v) is 5.16. The van der Waals surface area contributed by atoms with E-state index < -0.39 is 5.97 Å². The molecular weight excluding hydrogens is 354 g/mol. The fraction of sp³-hybridized carbons (Fsp3) is 0.304. The standard InChI is InChI=1S/C23H25NO2S/c1-15(2)26-23(25)20(13-24)12-19-10-17(4)11-21(18(19)5)14-27-22-8-6-16(3)7-9-22/h6-12,15H,14H2,1-5H3/b20-12+. The first-order valence-electron chi connectivity index (χ1n) is 8.92. The Balaban J connectivity index is 2.28. The van der Waals surface area contributed by atoms with Crippen LogP contribution in [-0.4, -0.2) is 12.1 Å². The maximum absolute atomic E-state index is 12.1. The zero-order valence-electron chi connectivity index (χ0n) is 16.5. The molecule has 0 saturated carbocycles. The molecule has 0 spiro atoms. The van der Waals surface area contributed by atoms with E-state index >= 15 is 0 Å². The molecule has 0 amide bonds. The Hall–Kier alpha value is -2.51. The molecule has 2 aromatic carbocycles. The summed E-state index contributed by atoms with van der Waals surface area (Å²) in [5.41, 5.74) is 5.52. The van der Waals surface area contributed by atoms with E-state index in [1.54, 1.807) is 31.7 Å². The smallest absolute Gasteiger partial charge is 0.349 e. The van der Waals surface area contributed by atoms with Gasteiger partial charge in [-0.3, -0.25) is 0 Å². The predicted molar refractivity (Wildman–Crippen MR) is 111 cm³/mol. The number of hydrogen-bond acceptors (Lipinski definition) is 4. The summed E-state index contributed by atoms with van der Waals surface area (Å²) < 4.78 is 5.16. The second kappa shape index (κ2) is 9.43. The fourth-order valence-corrected chi connectivity index (χ4v) is 3.58. The van der Waals surface area contributed by atoms with Crippen molar-refractivity contribution in [2.45, 2.75) is 51.4 Å². The van der Waals surface area contributed by atoms with Crippen LogP contribution in [0.1, 0.15) is 41.7 Å². The molecule has 3 nitrogen and oxygen atoms in total. The van der Waals surface area contributed by atoms with E-state index in [1.807, 2.05) is 26.0 Å². The van der Waals surface area contributed by atoms with Gasteiger partial charge in [0.05, 0.1) is 6.10 Å². The average molecular weight is 380 g/mol. The van der Waals surface area contributed by atoms with Gasteiger partial charge in [0.1, 0.15) is 11.6 Å². The number of carbonyl (C=O) groups is 1. The molecule has 0 heterocycles. The van der Waals surface area contributed by atoms with Crippen LogP contribution in [0.25, 0.3) is 6.08 Å². The number of nitrogens with zero attached hydrogens (tertiary/aromatic N) is 1. The van der Waals surface area contributed by atoms with Gasteiger partial charge in [0, 0.05) is 10.6 Å². The maximum Gasteiger partial charge on any atom is 0.349 e. The quantitative estimate of drug-likeness (QED) is 0.277. The summed E-state index contributed by atoms with van der Waals surface area (Å²) in [6, 6.07) is 14.6. The van der Waals surface area contributed by atoms with Crippen molar-refractivity contribution in [3.63, 3.8) is 0 Å². The van der Waals surface area contributed by atoms with Gasteiger partial charge in [-0.1, -0.05) is 35.4 Å². The van der Waals surface area contributed by atoms with Crippen molar-refractivity contribution in [3.8, 4) is 6.07 Å². The first-order valence-corrected chi connectivity index (χ1v) is 9.91. The fourth-order valence-electron chi connectivity index (χ4n) is 2.63. The maximum atomic E-state index is 12.1. The lowest BCUT2D eigenvalue weighted by Gasteiger charge is -2.12. The Labute approximate surface area is 166 Å². The summed E-state index contributed by atoms with van der Waals surface area (Å²) in [7, 11) is 0. The van der Waals surface area contributed by atoms with Crippen LogP contribution in [0, 0.1) is 32.1 Å². The van der Waals surface area contributed by atoms with Gasteiger partial charge >= 0.3 is 5.97 Å². The molecule has 0 aliphatic heterocycles. The number of thioether (sulfide) groups is 1. The number of rotatable bonds is 6. The predicted octanol–water partition coefficient (Wildman–Crippen LogP) is 5.76. The molecule has 27 heavy (non-hydrogen) atoms. The van der Waals surface area contributed by atoms with E-state index in [9.17, 15) is 10.1 Å². The van der Waals surface area contributed by atoms with E-state index in [0.29, 0.717) is 0 Å². The average Bonchev–Trinajstić information content (AvgIpc) is 2.61. The van der Waals surface area contributed by atoms with Crippen LogP contribution in [0.2, 0.25) is 0 Å². The molecule has 2 aromatic rings. The van der Waals surface area contributed by atoms with Gasteiger partial charge < -0.3 is 4.74 Å². The Morgan fingerprint density at radius 2 is 1.81 bits per heavy atom. The van der Waals surface area contributed by atoms with Crippen molar-refractivity contribution in [2.24, 2.45) is 0 Å². The third-order valence-electron chi connectivity index (χ3n) is 4.10. The molecule has 0 unspecified atom stereocenters. The van der Waals surface area contributed by atoms with E-state index in [0.717, 1.165) is 22.4 Å². The van der Waals surface area contributed by atoms with Gasteiger partial charge in [-0.05, 0) is 69.5 Å². The zero-order valence-corrected chi connectivity index (χ0v) is 17.3. The van der Waals surface area contributed by atoms with Crippen molar-refractivity contribution >= 4 is 23.8 Å². The molecule has 0 aromatic heterocycles. The topological polar surface area (TPSA) is 50.1 Å². The zero-order chi connectivity index (χ0) is 20.0. The van der Waals surface area contributed by atoms with Crippen LogP contribution in [0.15, 0.2) is 46.9 Å². The minimum absolute atomic E-state index is 0.0227. The van der Waals surface area contributed by atoms with Crippen molar-refractivity contribution in [3.05, 3.63) is 69.8 Å². The summed E-state index contributed by atoms with van der Waals surface area (Å²) in [6.45, 7) is 9.67. The number of benzene rings is 2. The molecule has 0 radical (unpaired) electrons. The van der Waals surface area contributed by atoms with E-state index in [4.69, 9.17) is 4.74 Å². The minimum Gasteiger partial charge on any atom is -0.459 e. The van der Waals surface area contributed by atoms with Gasteiger partial charge in [0.2, 0.25) is 0 Å². The molecule has 140 valence electrons. The summed E-state index contributed by atoms with van der Waals surface area (Å²) >= 11 is 1.78. The number of hydrogen-bond donors (Lipinski definition) is 0. The van der Waals surface area contributed by atoms with Gasteiger partial charge in [-0.15, -0.1) is 11.8 Å². The highest BCUT2D eigenvalue weighted by Gasteiger charge is 2.14. The SMILES string of the molecule is Cc1ccc(SCc2cc(C)cc(/C=C(\C#N)C(=O)OC(C)C)c2C)cc1. The lowest BCUT2D eigenvalue weighted by molar-refractivity contribution is -0.142. The minimum atomic E-state index is -0.580. The van der Waals surface area contributed by atoms with Gasteiger partial charge in [-0.2, -0.15) is 5.26 Å². The molecule has 0 aliphatic rings. The number of carbonyl (C=O) groups excluding carboxylic acids is 1. The van der Waals surface area contributed by atoms with Crippen molar-refractivity contribution in [1.29, 1.82) is 5.26 Å². The largest absolute Gasteiger partial charge is 0.459 e. The second-order valence-electron chi connectivity index (χ2n) is 6.86. The molecule has 0 aliphatic carbocycles. The van der Waals surface area contributed by atoms with Crippen LogP contribution in [-0.2, 0) is 15.3 Å². The second-order valence-corrected chi connectivity index (χ2v) is 7.91. The van der Waals surface area contributed by atoms with Crippen LogP contribution in [0.4, 0.5) is 0 Å². The Bertz CT molecular complexity index is 890. The van der Waals surface area contributed by atoms with Crippen LogP contribution >= 0.6 is 11.8 Å². The van der Waals surface area contributed by atoms with Crippen molar-refractivity contribution < 1.29 is 9.53 Å². The lowest BCUT2D eigenvalue weighted by atomic mass is 9.98. The van der Waals surface area contributed by atoms with Gasteiger partial charge in [0.15, 0.2) is 0 Å². The Kier molecular flexibility index (Phi) is 7.27. The van der Waals surface area contributed by atoms with E-state index in [2.05, 4.69) is 37.3 Å². The first-order chi connectivity index (χ1) is 12.8. The summed E-state index contributed by atoms with van der Waals surface area (Å²) in [6.07, 6.45) is 1.38. The molecule has 0 atom stereocenters. The normalized spacial score (nSPS) is 11.4. The molecule has 4 heteroatoms. The molecule has 0 N–H and O–H groups in total. The van der Waals surface area contributed by atoms with Crippen molar-refractivity contribution in [1.82, 2.24) is 0 Å². The molecule has 0 saturated heterocycles. The highest BCUT2D eigenvalue weighted by atomic mass is 32.2. The van der Waals surface area contributed by atoms with E-state index in [1.165, 1.54) is 16.0 Å². The van der Waals surface area contributed by atoms with E-state index in [-0.39, 0.29) is 11.7 Å². The lowest BCUT2D eigenvalue weighted by Crippen LogP contribution is -2.12. The molecule has 2 rings (SSSR count). The Morgan fingerprint density at radius 3 is 2.41 bits per heavy atom. The molecular formula is C23H25NO2S. The third kappa shape index (κ3) is 6.01. The monoisotopic (exact) mass is 379 g/mol. The van der Waals surface area contributed by atoms with Crippen LogP contribution < -0.4 is 0 Å². The summed E-state index contributed by atoms with van der Waals surface area (Å²) in [5, 5.41) is 9.35.